The fraction of sp³-hybridized carbons (Fsp3) is 0.286. The molecule has 0 fully saturated rings. The molecule has 1 aromatic carbocycles. The van der Waals surface area contributed by atoms with E-state index < -0.39 is 0 Å². The summed E-state index contributed by atoms with van der Waals surface area (Å²) in [6, 6.07) is 10.2. The van der Waals surface area contributed by atoms with Gasteiger partial charge < -0.3 is 4.98 Å². The monoisotopic (exact) mass is 244 g/mol. The minimum atomic E-state index is 0.347. The molecule has 2 nitrogen and oxygen atoms in total. The maximum Gasteiger partial charge on any atom is 0.133 e. The highest BCUT2D eigenvalue weighted by Crippen LogP contribution is 2.23. The summed E-state index contributed by atoms with van der Waals surface area (Å²) in [6.45, 7) is 6.23. The molecule has 88 valence electrons. The largest absolute Gasteiger partial charge is 0.343 e. The Kier molecular flexibility index (Phi) is 3.38. The van der Waals surface area contributed by atoms with Gasteiger partial charge in [-0.25, -0.2) is 4.98 Å². The summed E-state index contributed by atoms with van der Waals surface area (Å²) in [7, 11) is 0. The van der Waals surface area contributed by atoms with Crippen molar-refractivity contribution in [3.05, 3.63) is 46.4 Å². The molecule has 3 heteroatoms. The summed E-state index contributed by atoms with van der Waals surface area (Å²) >= 11 is 5.32. The van der Waals surface area contributed by atoms with Crippen LogP contribution in [0.3, 0.4) is 0 Å². The van der Waals surface area contributed by atoms with E-state index in [9.17, 15) is 0 Å². The molecule has 17 heavy (non-hydrogen) atoms. The standard InChI is InChI=1S/C14H16N2S/c1-9(2)13-15-12(10(3)14(17)16-13)11-7-5-4-6-8-11/h4-9H,1-3H3,(H,15,16,17). The minimum Gasteiger partial charge on any atom is -0.343 e. The van der Waals surface area contributed by atoms with Crippen molar-refractivity contribution < 1.29 is 0 Å². The van der Waals surface area contributed by atoms with E-state index >= 15 is 0 Å². The van der Waals surface area contributed by atoms with Crippen molar-refractivity contribution in [3.8, 4) is 11.3 Å². The predicted molar refractivity (Wildman–Crippen MR) is 73.7 cm³/mol. The number of aromatic nitrogens is 2. The van der Waals surface area contributed by atoms with Gasteiger partial charge in [-0.05, 0) is 12.5 Å². The van der Waals surface area contributed by atoms with Crippen LogP contribution in [0.25, 0.3) is 11.3 Å². The molecule has 2 aromatic rings. The van der Waals surface area contributed by atoms with Gasteiger partial charge in [-0.1, -0.05) is 56.4 Å². The van der Waals surface area contributed by atoms with E-state index in [1.165, 1.54) is 0 Å². The van der Waals surface area contributed by atoms with Gasteiger partial charge in [-0.2, -0.15) is 0 Å². The summed E-state index contributed by atoms with van der Waals surface area (Å²) in [5.41, 5.74) is 3.27. The molecule has 0 bridgehead atoms. The van der Waals surface area contributed by atoms with Crippen LogP contribution in [0.4, 0.5) is 0 Å². The second kappa shape index (κ2) is 4.80. The van der Waals surface area contributed by atoms with Crippen LogP contribution in [0, 0.1) is 11.6 Å². The SMILES string of the molecule is Cc1c(-c2ccccc2)[nH]c(C(C)C)nc1=S. The van der Waals surface area contributed by atoms with Crippen molar-refractivity contribution in [2.24, 2.45) is 0 Å². The van der Waals surface area contributed by atoms with Gasteiger partial charge in [0.15, 0.2) is 0 Å². The molecule has 0 saturated heterocycles. The van der Waals surface area contributed by atoms with Crippen LogP contribution >= 0.6 is 12.2 Å². The summed E-state index contributed by atoms with van der Waals surface area (Å²) in [5, 5.41) is 0. The van der Waals surface area contributed by atoms with Crippen molar-refractivity contribution in [2.75, 3.05) is 0 Å². The lowest BCUT2D eigenvalue weighted by Crippen LogP contribution is -2.02. The molecule has 0 aliphatic heterocycles. The predicted octanol–water partition coefficient (Wildman–Crippen LogP) is 4.24. The summed E-state index contributed by atoms with van der Waals surface area (Å²) in [4.78, 5) is 7.81. The number of aromatic amines is 1. The lowest BCUT2D eigenvalue weighted by Gasteiger charge is -2.11. The van der Waals surface area contributed by atoms with Crippen molar-refractivity contribution in [3.63, 3.8) is 0 Å². The van der Waals surface area contributed by atoms with Gasteiger partial charge in [0, 0.05) is 11.5 Å². The molecular weight excluding hydrogens is 228 g/mol. The highest BCUT2D eigenvalue weighted by molar-refractivity contribution is 7.71. The molecule has 0 saturated carbocycles. The third kappa shape index (κ3) is 2.44. The highest BCUT2D eigenvalue weighted by Gasteiger charge is 2.08. The summed E-state index contributed by atoms with van der Waals surface area (Å²) in [5.74, 6) is 1.29. The Morgan fingerprint density at radius 3 is 2.41 bits per heavy atom. The molecule has 1 heterocycles. The van der Waals surface area contributed by atoms with Crippen LogP contribution in [-0.2, 0) is 0 Å². The Labute approximate surface area is 107 Å². The second-order valence-electron chi connectivity index (χ2n) is 4.45. The van der Waals surface area contributed by atoms with E-state index in [0.717, 1.165) is 22.6 Å². The Morgan fingerprint density at radius 2 is 1.82 bits per heavy atom. The van der Waals surface area contributed by atoms with E-state index in [1.807, 2.05) is 25.1 Å². The first kappa shape index (κ1) is 12.0. The van der Waals surface area contributed by atoms with E-state index in [2.05, 4.69) is 35.9 Å². The third-order valence-corrected chi connectivity index (χ3v) is 3.18. The van der Waals surface area contributed by atoms with Gasteiger partial charge in [0.25, 0.3) is 0 Å². The van der Waals surface area contributed by atoms with Gasteiger partial charge in [-0.3, -0.25) is 0 Å². The zero-order valence-electron chi connectivity index (χ0n) is 10.3. The zero-order chi connectivity index (χ0) is 12.4. The Bertz CT molecular complexity index is 571. The first-order valence-electron chi connectivity index (χ1n) is 5.76. The van der Waals surface area contributed by atoms with E-state index in [4.69, 9.17) is 12.2 Å². The summed E-state index contributed by atoms with van der Waals surface area (Å²) < 4.78 is 0.686. The smallest absolute Gasteiger partial charge is 0.133 e. The maximum absolute atomic E-state index is 5.32. The molecule has 0 radical (unpaired) electrons. The average molecular weight is 244 g/mol. The molecule has 0 atom stereocenters. The maximum atomic E-state index is 5.32. The number of hydrogen-bond acceptors (Lipinski definition) is 2. The molecular formula is C14H16N2S. The molecule has 0 unspecified atom stereocenters. The molecule has 0 aliphatic carbocycles. The van der Waals surface area contributed by atoms with Crippen molar-refractivity contribution in [2.45, 2.75) is 26.7 Å². The topological polar surface area (TPSA) is 28.7 Å². The normalized spacial score (nSPS) is 10.8. The fourth-order valence-electron chi connectivity index (χ4n) is 1.72. The number of benzene rings is 1. The molecule has 2 rings (SSSR count). The van der Waals surface area contributed by atoms with Gasteiger partial charge in [0.2, 0.25) is 0 Å². The lowest BCUT2D eigenvalue weighted by molar-refractivity contribution is 0.770. The quantitative estimate of drug-likeness (QED) is 0.800. The fourth-order valence-corrected chi connectivity index (χ4v) is 1.92. The van der Waals surface area contributed by atoms with Crippen molar-refractivity contribution in [1.82, 2.24) is 9.97 Å². The Balaban J connectivity index is 2.65. The lowest BCUT2D eigenvalue weighted by atomic mass is 10.1. The molecule has 0 amide bonds. The highest BCUT2D eigenvalue weighted by atomic mass is 32.1. The number of nitrogens with one attached hydrogen (secondary N) is 1. The molecule has 1 aromatic heterocycles. The average Bonchev–Trinajstić information content (AvgIpc) is 2.33. The minimum absolute atomic E-state index is 0.347. The number of hydrogen-bond donors (Lipinski definition) is 1. The first-order chi connectivity index (χ1) is 8.09. The second-order valence-corrected chi connectivity index (χ2v) is 4.83. The summed E-state index contributed by atoms with van der Waals surface area (Å²) in [6.07, 6.45) is 0. The van der Waals surface area contributed by atoms with E-state index in [1.54, 1.807) is 0 Å². The molecule has 0 aliphatic rings. The van der Waals surface area contributed by atoms with E-state index in [-0.39, 0.29) is 0 Å². The van der Waals surface area contributed by atoms with Crippen molar-refractivity contribution >= 4 is 12.2 Å². The van der Waals surface area contributed by atoms with Gasteiger partial charge >= 0.3 is 0 Å². The molecule has 1 N–H and O–H groups in total. The van der Waals surface area contributed by atoms with Crippen LogP contribution in [0.1, 0.15) is 31.2 Å². The Hall–Kier alpha value is -1.48. The van der Waals surface area contributed by atoms with Gasteiger partial charge in [-0.15, -0.1) is 0 Å². The first-order valence-corrected chi connectivity index (χ1v) is 6.16. The Morgan fingerprint density at radius 1 is 1.18 bits per heavy atom. The molecule has 0 spiro atoms. The zero-order valence-corrected chi connectivity index (χ0v) is 11.1. The van der Waals surface area contributed by atoms with Crippen LogP contribution < -0.4 is 0 Å². The van der Waals surface area contributed by atoms with Gasteiger partial charge in [0.05, 0.1) is 5.69 Å². The van der Waals surface area contributed by atoms with Crippen LogP contribution in [-0.4, -0.2) is 9.97 Å². The van der Waals surface area contributed by atoms with Crippen LogP contribution in [0.2, 0.25) is 0 Å². The van der Waals surface area contributed by atoms with Crippen LogP contribution in [0.5, 0.6) is 0 Å². The van der Waals surface area contributed by atoms with Crippen LogP contribution in [0.15, 0.2) is 30.3 Å². The number of H-pyrrole nitrogens is 1. The number of nitrogens with zero attached hydrogens (tertiary/aromatic N) is 1. The van der Waals surface area contributed by atoms with E-state index in [0.29, 0.717) is 10.6 Å². The third-order valence-electron chi connectivity index (χ3n) is 2.78. The van der Waals surface area contributed by atoms with Crippen molar-refractivity contribution in [1.29, 1.82) is 0 Å². The van der Waals surface area contributed by atoms with Gasteiger partial charge in [0.1, 0.15) is 10.5 Å². The number of rotatable bonds is 2.